The molecule has 0 heterocycles. The van der Waals surface area contributed by atoms with E-state index in [4.69, 9.17) is 16.3 Å². The van der Waals surface area contributed by atoms with Crippen LogP contribution in [0.2, 0.25) is 5.02 Å². The van der Waals surface area contributed by atoms with Crippen molar-refractivity contribution in [2.45, 2.75) is 62.6 Å². The Kier molecular flexibility index (Phi) is 10.4. The Balaban J connectivity index is 1.37. The maximum absolute atomic E-state index is 13.4. The molecule has 0 unspecified atom stereocenters. The Labute approximate surface area is 247 Å². The van der Waals surface area contributed by atoms with E-state index in [-0.39, 0.29) is 35.7 Å². The molecule has 3 aromatic rings. The third-order valence-corrected chi connectivity index (χ3v) is 8.85. The first-order valence-electron chi connectivity index (χ1n) is 13.7. The Bertz CT molecular complexity index is 1420. The second-order valence-electron chi connectivity index (χ2n) is 10.3. The van der Waals surface area contributed by atoms with Crippen LogP contribution < -0.4 is 14.8 Å². The van der Waals surface area contributed by atoms with E-state index in [0.717, 1.165) is 35.3 Å². The molecule has 1 fully saturated rings. The number of nitrogens with zero attached hydrogens (tertiary/aromatic N) is 1. The lowest BCUT2D eigenvalue weighted by Crippen LogP contribution is -2.48. The van der Waals surface area contributed by atoms with E-state index in [1.54, 1.807) is 55.3 Å². The molecule has 0 spiro atoms. The van der Waals surface area contributed by atoms with Crippen LogP contribution in [-0.2, 0) is 39.0 Å². The molecule has 3 aromatic carbocycles. The second-order valence-corrected chi connectivity index (χ2v) is 12.4. The first kappa shape index (κ1) is 30.6. The van der Waals surface area contributed by atoms with Crippen molar-refractivity contribution in [1.29, 1.82) is 0 Å². The summed E-state index contributed by atoms with van der Waals surface area (Å²) in [5, 5.41) is 3.55. The topological polar surface area (TPSA) is 105 Å². The molecule has 0 bridgehead atoms. The van der Waals surface area contributed by atoms with Gasteiger partial charge in [0.25, 0.3) is 0 Å². The van der Waals surface area contributed by atoms with Crippen LogP contribution in [0.25, 0.3) is 0 Å². The fraction of sp³-hybridized carbons (Fsp3) is 0.355. The monoisotopic (exact) mass is 597 g/mol. The van der Waals surface area contributed by atoms with Crippen molar-refractivity contribution in [3.8, 4) is 5.75 Å². The molecule has 1 aliphatic rings. The molecule has 0 aromatic heterocycles. The van der Waals surface area contributed by atoms with Gasteiger partial charge in [0.2, 0.25) is 21.8 Å². The van der Waals surface area contributed by atoms with E-state index in [0.29, 0.717) is 24.4 Å². The van der Waals surface area contributed by atoms with Gasteiger partial charge in [-0.15, -0.1) is 0 Å². The molecule has 218 valence electrons. The van der Waals surface area contributed by atoms with E-state index in [9.17, 15) is 18.0 Å². The predicted molar refractivity (Wildman–Crippen MR) is 159 cm³/mol. The highest BCUT2D eigenvalue weighted by Gasteiger charge is 2.28. The molecular weight excluding hydrogens is 562 g/mol. The number of carbonyl (C=O) groups is 2. The summed E-state index contributed by atoms with van der Waals surface area (Å²) < 4.78 is 32.7. The minimum atomic E-state index is -3.53. The van der Waals surface area contributed by atoms with Crippen LogP contribution >= 0.6 is 11.6 Å². The summed E-state index contributed by atoms with van der Waals surface area (Å²) in [6.45, 7) is 2.42. The average molecular weight is 598 g/mol. The van der Waals surface area contributed by atoms with Crippen LogP contribution in [-0.4, -0.2) is 50.9 Å². The quantitative estimate of drug-likeness (QED) is 0.285. The van der Waals surface area contributed by atoms with Crippen LogP contribution in [0.5, 0.6) is 5.75 Å². The lowest BCUT2D eigenvalue weighted by atomic mass is 10.1. The molecule has 0 saturated heterocycles. The fourth-order valence-electron chi connectivity index (χ4n) is 4.36. The molecule has 2 N–H and O–H groups in total. The van der Waals surface area contributed by atoms with Crippen LogP contribution in [0.3, 0.4) is 0 Å². The summed E-state index contributed by atoms with van der Waals surface area (Å²) in [6, 6.07) is 20.8. The normalized spacial score (nSPS) is 13.8. The Morgan fingerprint density at radius 1 is 0.927 bits per heavy atom. The molecule has 1 aliphatic carbocycles. The van der Waals surface area contributed by atoms with E-state index in [2.05, 4.69) is 10.0 Å². The van der Waals surface area contributed by atoms with E-state index < -0.39 is 16.1 Å². The lowest BCUT2D eigenvalue weighted by Gasteiger charge is -2.29. The Hall–Kier alpha value is -3.40. The highest BCUT2D eigenvalue weighted by molar-refractivity contribution is 7.89. The van der Waals surface area contributed by atoms with Gasteiger partial charge in [0, 0.05) is 30.6 Å². The second kappa shape index (κ2) is 14.0. The van der Waals surface area contributed by atoms with Gasteiger partial charge in [-0.3, -0.25) is 9.59 Å². The number of hydrogen-bond donors (Lipinski definition) is 2. The highest BCUT2D eigenvalue weighted by atomic mass is 35.5. The summed E-state index contributed by atoms with van der Waals surface area (Å²) in [5.41, 5.74) is 2.76. The Morgan fingerprint density at radius 3 is 2.12 bits per heavy atom. The van der Waals surface area contributed by atoms with Gasteiger partial charge in [0.05, 0.1) is 12.0 Å². The van der Waals surface area contributed by atoms with Gasteiger partial charge in [0.1, 0.15) is 11.8 Å². The van der Waals surface area contributed by atoms with E-state index >= 15 is 0 Å². The van der Waals surface area contributed by atoms with Crippen molar-refractivity contribution < 1.29 is 22.7 Å². The van der Waals surface area contributed by atoms with Crippen LogP contribution in [0.1, 0.15) is 42.9 Å². The number of carbonyl (C=O) groups excluding carboxylic acids is 2. The number of sulfonamides is 1. The fourth-order valence-corrected chi connectivity index (χ4v) is 5.79. The zero-order valence-corrected chi connectivity index (χ0v) is 24.9. The number of hydrogen-bond acceptors (Lipinski definition) is 5. The van der Waals surface area contributed by atoms with Crippen LogP contribution in [0.4, 0.5) is 0 Å². The SMILES string of the molecule is COc1ccc(CCNC(=O)[C@H](C)N(Cc2ccc(Cl)cc2)C(=O)CCc2ccc(S(=O)(=O)NC3CC3)cc2)cc1. The number of ether oxygens (including phenoxy) is 1. The predicted octanol–water partition coefficient (Wildman–Crippen LogP) is 4.50. The molecule has 41 heavy (non-hydrogen) atoms. The average Bonchev–Trinajstić information content (AvgIpc) is 3.79. The van der Waals surface area contributed by atoms with Gasteiger partial charge in [-0.25, -0.2) is 13.1 Å². The number of rotatable bonds is 14. The first-order chi connectivity index (χ1) is 19.6. The summed E-state index contributed by atoms with van der Waals surface area (Å²) in [6.07, 6.45) is 2.97. The lowest BCUT2D eigenvalue weighted by molar-refractivity contribution is -0.140. The molecule has 0 radical (unpaired) electrons. The molecular formula is C31H36ClN3O5S. The van der Waals surface area contributed by atoms with Gasteiger partial charge in [-0.05, 0) is 85.7 Å². The molecule has 1 atom stereocenters. The summed E-state index contributed by atoms with van der Waals surface area (Å²) >= 11 is 6.04. The molecule has 4 rings (SSSR count). The molecule has 10 heteroatoms. The van der Waals surface area contributed by atoms with Gasteiger partial charge >= 0.3 is 0 Å². The molecule has 2 amide bonds. The van der Waals surface area contributed by atoms with Crippen molar-refractivity contribution in [3.63, 3.8) is 0 Å². The summed E-state index contributed by atoms with van der Waals surface area (Å²) in [4.78, 5) is 28.3. The number of halogens is 1. The van der Waals surface area contributed by atoms with E-state index in [1.807, 2.05) is 36.4 Å². The summed E-state index contributed by atoms with van der Waals surface area (Å²) in [5.74, 6) is 0.359. The zero-order valence-electron chi connectivity index (χ0n) is 23.3. The van der Waals surface area contributed by atoms with Gasteiger partial charge in [-0.2, -0.15) is 0 Å². The highest BCUT2D eigenvalue weighted by Crippen LogP contribution is 2.23. The number of benzene rings is 3. The van der Waals surface area contributed by atoms with Crippen LogP contribution in [0, 0.1) is 0 Å². The number of nitrogens with one attached hydrogen (secondary N) is 2. The Morgan fingerprint density at radius 2 is 1.51 bits per heavy atom. The summed E-state index contributed by atoms with van der Waals surface area (Å²) in [7, 11) is -1.91. The van der Waals surface area contributed by atoms with Gasteiger partial charge in [-0.1, -0.05) is 48.0 Å². The molecule has 8 nitrogen and oxygen atoms in total. The third kappa shape index (κ3) is 9.05. The largest absolute Gasteiger partial charge is 0.497 e. The van der Waals surface area contributed by atoms with Crippen LogP contribution in [0.15, 0.2) is 77.7 Å². The number of amides is 2. The van der Waals surface area contributed by atoms with Crippen molar-refractivity contribution in [2.24, 2.45) is 0 Å². The minimum Gasteiger partial charge on any atom is -0.497 e. The zero-order chi connectivity index (χ0) is 29.4. The smallest absolute Gasteiger partial charge is 0.242 e. The number of methoxy groups -OCH3 is 1. The van der Waals surface area contributed by atoms with Gasteiger partial charge in [0.15, 0.2) is 0 Å². The van der Waals surface area contributed by atoms with Crippen molar-refractivity contribution >= 4 is 33.4 Å². The maximum Gasteiger partial charge on any atom is 0.242 e. The maximum atomic E-state index is 13.4. The third-order valence-electron chi connectivity index (χ3n) is 7.07. The van der Waals surface area contributed by atoms with Crippen molar-refractivity contribution in [3.05, 3.63) is 94.5 Å². The first-order valence-corrected chi connectivity index (χ1v) is 15.6. The minimum absolute atomic E-state index is 0.0329. The van der Waals surface area contributed by atoms with Crippen molar-refractivity contribution in [1.82, 2.24) is 14.9 Å². The molecule has 1 saturated carbocycles. The molecule has 0 aliphatic heterocycles. The standard InChI is InChI=1S/C31H36ClN3O5S/c1-22(31(37)33-20-19-24-5-14-28(40-2)15-6-24)35(21-25-3-10-26(32)11-4-25)30(36)18-9-23-7-16-29(17-8-23)41(38,39)34-27-12-13-27/h3-8,10-11,14-17,22,27,34H,9,12-13,18-21H2,1-2H3,(H,33,37)/t22-/m0/s1. The number of aryl methyl sites for hydroxylation is 1. The van der Waals surface area contributed by atoms with Gasteiger partial charge < -0.3 is 15.0 Å². The van der Waals surface area contributed by atoms with E-state index in [1.165, 1.54) is 0 Å². The van der Waals surface area contributed by atoms with Crippen molar-refractivity contribution in [2.75, 3.05) is 13.7 Å².